The van der Waals surface area contributed by atoms with Crippen LogP contribution in [0.2, 0.25) is 0 Å². The maximum atomic E-state index is 13.2. The number of nitrogens with one attached hydrogen (secondary N) is 2. The molecule has 0 bridgehead atoms. The van der Waals surface area contributed by atoms with Crippen molar-refractivity contribution in [2.24, 2.45) is 5.41 Å². The standard InChI is InChI=1S/C21H29N5O2/c1-21(2,3)17(20(28)25(4)5)24-19(27)16-15-13-22-11-12-26(15)18(23-16)14-9-7-6-8-10-14/h6-10,17,22H,11-13H2,1-5H3,(H,24,27)/t17-/m1/s1. The summed E-state index contributed by atoms with van der Waals surface area (Å²) in [6.45, 7) is 7.98. The SMILES string of the molecule is CN(C)C(=O)[C@@H](NC(=O)c1nc(-c2ccccc2)n2c1CNCC2)C(C)(C)C. The second-order valence-corrected chi connectivity index (χ2v) is 8.43. The van der Waals surface area contributed by atoms with Gasteiger partial charge in [-0.3, -0.25) is 9.59 Å². The van der Waals surface area contributed by atoms with E-state index >= 15 is 0 Å². The molecular formula is C21H29N5O2. The van der Waals surface area contributed by atoms with Gasteiger partial charge < -0.3 is 20.1 Å². The summed E-state index contributed by atoms with van der Waals surface area (Å²) in [5, 5.41) is 6.25. The number of carbonyl (C=O) groups is 2. The number of hydrogen-bond acceptors (Lipinski definition) is 4. The number of amides is 2. The van der Waals surface area contributed by atoms with Gasteiger partial charge in [-0.15, -0.1) is 0 Å². The van der Waals surface area contributed by atoms with Gasteiger partial charge in [0.25, 0.3) is 5.91 Å². The minimum Gasteiger partial charge on any atom is -0.347 e. The third-order valence-electron chi connectivity index (χ3n) is 4.95. The molecular weight excluding hydrogens is 354 g/mol. The van der Waals surface area contributed by atoms with E-state index in [4.69, 9.17) is 0 Å². The van der Waals surface area contributed by atoms with Crippen molar-refractivity contribution in [1.82, 2.24) is 25.1 Å². The topological polar surface area (TPSA) is 79.3 Å². The minimum absolute atomic E-state index is 0.129. The summed E-state index contributed by atoms with van der Waals surface area (Å²) in [6.07, 6.45) is 0. The molecule has 1 aromatic heterocycles. The van der Waals surface area contributed by atoms with E-state index in [0.29, 0.717) is 12.2 Å². The Morgan fingerprint density at radius 3 is 2.50 bits per heavy atom. The van der Waals surface area contributed by atoms with Crippen molar-refractivity contribution in [3.63, 3.8) is 0 Å². The number of aromatic nitrogens is 2. The number of carbonyl (C=O) groups excluding carboxylic acids is 2. The highest BCUT2D eigenvalue weighted by Gasteiger charge is 2.35. The van der Waals surface area contributed by atoms with Gasteiger partial charge in [0.05, 0.1) is 5.69 Å². The smallest absolute Gasteiger partial charge is 0.272 e. The molecule has 150 valence electrons. The highest BCUT2D eigenvalue weighted by Crippen LogP contribution is 2.26. The summed E-state index contributed by atoms with van der Waals surface area (Å²) in [5.74, 6) is 0.341. The first-order valence-electron chi connectivity index (χ1n) is 9.57. The van der Waals surface area contributed by atoms with Crippen LogP contribution in [0, 0.1) is 5.41 Å². The second kappa shape index (κ2) is 7.75. The fourth-order valence-corrected chi connectivity index (χ4v) is 3.40. The van der Waals surface area contributed by atoms with Gasteiger partial charge in [0.15, 0.2) is 5.69 Å². The summed E-state index contributed by atoms with van der Waals surface area (Å²) in [7, 11) is 3.40. The summed E-state index contributed by atoms with van der Waals surface area (Å²) in [6, 6.07) is 9.23. The molecule has 0 radical (unpaired) electrons. The molecule has 1 atom stereocenters. The molecule has 3 rings (SSSR count). The lowest BCUT2D eigenvalue weighted by molar-refractivity contribution is -0.133. The summed E-state index contributed by atoms with van der Waals surface area (Å²) in [4.78, 5) is 32.0. The first kappa shape index (κ1) is 20.1. The van der Waals surface area contributed by atoms with Crippen LogP contribution in [0.25, 0.3) is 11.4 Å². The van der Waals surface area contributed by atoms with E-state index in [-0.39, 0.29) is 11.8 Å². The van der Waals surface area contributed by atoms with Gasteiger partial charge in [0.1, 0.15) is 11.9 Å². The molecule has 0 unspecified atom stereocenters. The molecule has 2 N–H and O–H groups in total. The fourth-order valence-electron chi connectivity index (χ4n) is 3.40. The molecule has 7 nitrogen and oxygen atoms in total. The lowest BCUT2D eigenvalue weighted by Crippen LogP contribution is -2.53. The first-order chi connectivity index (χ1) is 13.2. The van der Waals surface area contributed by atoms with E-state index in [2.05, 4.69) is 20.2 Å². The van der Waals surface area contributed by atoms with Gasteiger partial charge in [-0.05, 0) is 5.41 Å². The molecule has 1 aromatic carbocycles. The van der Waals surface area contributed by atoms with Crippen LogP contribution >= 0.6 is 0 Å². The maximum Gasteiger partial charge on any atom is 0.272 e. The van der Waals surface area contributed by atoms with E-state index in [0.717, 1.165) is 30.2 Å². The van der Waals surface area contributed by atoms with Crippen LogP contribution in [-0.2, 0) is 17.9 Å². The summed E-state index contributed by atoms with van der Waals surface area (Å²) < 4.78 is 2.10. The van der Waals surface area contributed by atoms with Crippen LogP contribution < -0.4 is 10.6 Å². The second-order valence-electron chi connectivity index (χ2n) is 8.43. The van der Waals surface area contributed by atoms with Crippen LogP contribution in [0.1, 0.15) is 37.0 Å². The Balaban J connectivity index is 1.98. The van der Waals surface area contributed by atoms with Gasteiger partial charge in [0.2, 0.25) is 5.91 Å². The quantitative estimate of drug-likeness (QED) is 0.845. The number of likely N-dealkylation sites (N-methyl/N-ethyl adjacent to an activating group) is 1. The first-order valence-corrected chi connectivity index (χ1v) is 9.57. The Morgan fingerprint density at radius 1 is 1.21 bits per heavy atom. The van der Waals surface area contributed by atoms with Crippen LogP contribution in [0.15, 0.2) is 30.3 Å². The van der Waals surface area contributed by atoms with Crippen molar-refractivity contribution in [3.8, 4) is 11.4 Å². The number of imidazole rings is 1. The summed E-state index contributed by atoms with van der Waals surface area (Å²) >= 11 is 0. The highest BCUT2D eigenvalue weighted by atomic mass is 16.2. The number of fused-ring (bicyclic) bond motifs is 1. The molecule has 0 aliphatic carbocycles. The third kappa shape index (κ3) is 3.94. The Labute approximate surface area is 166 Å². The fraction of sp³-hybridized carbons (Fsp3) is 0.476. The van der Waals surface area contributed by atoms with Crippen molar-refractivity contribution in [1.29, 1.82) is 0 Å². The minimum atomic E-state index is -0.635. The van der Waals surface area contributed by atoms with Crippen LogP contribution in [0.4, 0.5) is 0 Å². The van der Waals surface area contributed by atoms with Gasteiger partial charge in [-0.2, -0.15) is 0 Å². The molecule has 2 heterocycles. The van der Waals surface area contributed by atoms with Gasteiger partial charge in [-0.25, -0.2) is 4.98 Å². The van der Waals surface area contributed by atoms with E-state index < -0.39 is 11.5 Å². The number of benzene rings is 1. The Morgan fingerprint density at radius 2 is 1.89 bits per heavy atom. The predicted octanol–water partition coefficient (Wildman–Crippen LogP) is 1.89. The monoisotopic (exact) mass is 383 g/mol. The van der Waals surface area contributed by atoms with Crippen LogP contribution in [0.5, 0.6) is 0 Å². The van der Waals surface area contributed by atoms with E-state index in [1.807, 2.05) is 51.1 Å². The number of nitrogens with zero attached hydrogens (tertiary/aromatic N) is 3. The van der Waals surface area contributed by atoms with Gasteiger partial charge in [0, 0.05) is 39.3 Å². The van der Waals surface area contributed by atoms with Gasteiger partial charge in [-0.1, -0.05) is 51.1 Å². The van der Waals surface area contributed by atoms with Crippen molar-refractivity contribution < 1.29 is 9.59 Å². The predicted molar refractivity (Wildman–Crippen MR) is 109 cm³/mol. The molecule has 1 aliphatic rings. The van der Waals surface area contributed by atoms with Crippen molar-refractivity contribution >= 4 is 11.8 Å². The molecule has 0 fully saturated rings. The van der Waals surface area contributed by atoms with Crippen molar-refractivity contribution in [2.75, 3.05) is 20.6 Å². The zero-order chi connectivity index (χ0) is 20.5. The highest BCUT2D eigenvalue weighted by molar-refractivity contribution is 5.97. The molecule has 0 saturated heterocycles. The Bertz CT molecular complexity index is 865. The zero-order valence-electron chi connectivity index (χ0n) is 17.2. The number of hydrogen-bond donors (Lipinski definition) is 2. The average molecular weight is 383 g/mol. The molecule has 7 heteroatoms. The van der Waals surface area contributed by atoms with Gasteiger partial charge >= 0.3 is 0 Å². The Kier molecular flexibility index (Phi) is 5.56. The van der Waals surface area contributed by atoms with E-state index in [1.165, 1.54) is 4.90 Å². The Hall–Kier alpha value is -2.67. The van der Waals surface area contributed by atoms with Crippen molar-refractivity contribution in [3.05, 3.63) is 41.7 Å². The largest absolute Gasteiger partial charge is 0.347 e. The zero-order valence-corrected chi connectivity index (χ0v) is 17.2. The maximum absolute atomic E-state index is 13.2. The van der Waals surface area contributed by atoms with E-state index in [9.17, 15) is 9.59 Å². The summed E-state index contributed by atoms with van der Waals surface area (Å²) in [5.41, 5.74) is 1.79. The van der Waals surface area contributed by atoms with E-state index in [1.54, 1.807) is 14.1 Å². The molecule has 2 amide bonds. The lowest BCUT2D eigenvalue weighted by Gasteiger charge is -2.32. The van der Waals surface area contributed by atoms with Crippen molar-refractivity contribution in [2.45, 2.75) is 39.9 Å². The molecule has 1 aliphatic heterocycles. The average Bonchev–Trinajstić information content (AvgIpc) is 3.05. The molecule has 2 aromatic rings. The molecule has 0 saturated carbocycles. The number of rotatable bonds is 4. The lowest BCUT2D eigenvalue weighted by atomic mass is 9.85. The van der Waals surface area contributed by atoms with Crippen LogP contribution in [-0.4, -0.2) is 52.9 Å². The normalized spacial score (nSPS) is 14.9. The third-order valence-corrected chi connectivity index (χ3v) is 4.95. The molecule has 0 spiro atoms. The molecule has 28 heavy (non-hydrogen) atoms. The van der Waals surface area contributed by atoms with Crippen LogP contribution in [0.3, 0.4) is 0 Å².